The lowest BCUT2D eigenvalue weighted by Crippen LogP contribution is -2.26. The fourth-order valence-corrected chi connectivity index (χ4v) is 3.17. The summed E-state index contributed by atoms with van der Waals surface area (Å²) in [5.41, 5.74) is 0.247. The maximum Gasteiger partial charge on any atom is 0.251 e. The minimum atomic E-state index is -3.84. The number of nitrogens with one attached hydrogen (secondary N) is 1. The van der Waals surface area contributed by atoms with Crippen LogP contribution >= 0.6 is 27.7 Å². The molecule has 0 radical (unpaired) electrons. The second-order valence-electron chi connectivity index (χ2n) is 3.84. The van der Waals surface area contributed by atoms with E-state index in [9.17, 15) is 13.2 Å². The smallest absolute Gasteiger partial charge is 0.251 e. The molecule has 1 rings (SSSR count). The third kappa shape index (κ3) is 5.66. The van der Waals surface area contributed by atoms with Crippen molar-refractivity contribution in [1.29, 1.82) is 0 Å². The average Bonchev–Trinajstić information content (AvgIpc) is 2.36. The Hall–Kier alpha value is -0.830. The van der Waals surface area contributed by atoms with Gasteiger partial charge in [-0.2, -0.15) is 11.8 Å². The predicted octanol–water partition coefficient (Wildman–Crippen LogP) is 1.75. The molecule has 5 nitrogen and oxygen atoms in total. The van der Waals surface area contributed by atoms with Gasteiger partial charge in [0.05, 0.1) is 4.90 Å². The highest BCUT2D eigenvalue weighted by Crippen LogP contribution is 2.18. The Bertz CT molecular complexity index is 603. The molecule has 0 atom stereocenters. The summed E-state index contributed by atoms with van der Waals surface area (Å²) < 4.78 is 23.1. The van der Waals surface area contributed by atoms with Crippen LogP contribution < -0.4 is 10.5 Å². The van der Waals surface area contributed by atoms with E-state index in [1.54, 1.807) is 23.9 Å². The number of primary sulfonamides is 1. The normalized spacial score (nSPS) is 11.1. The Morgan fingerprint density at radius 3 is 2.75 bits per heavy atom. The number of amides is 1. The van der Waals surface area contributed by atoms with E-state index in [4.69, 9.17) is 5.14 Å². The molecular formula is C12H15BrN2O3S2. The molecule has 0 bridgehead atoms. The van der Waals surface area contributed by atoms with E-state index in [-0.39, 0.29) is 16.4 Å². The SMILES string of the molecule is C=CCSCCNC(=O)c1cc(Br)cc(S(N)(=O)=O)c1. The Labute approximate surface area is 131 Å². The zero-order valence-electron chi connectivity index (χ0n) is 10.6. The van der Waals surface area contributed by atoms with Gasteiger partial charge in [-0.15, -0.1) is 6.58 Å². The first-order valence-corrected chi connectivity index (χ1v) is 9.14. The lowest BCUT2D eigenvalue weighted by molar-refractivity contribution is 0.0956. The van der Waals surface area contributed by atoms with Gasteiger partial charge in [-0.1, -0.05) is 22.0 Å². The van der Waals surface area contributed by atoms with Crippen LogP contribution in [0, 0.1) is 0 Å². The van der Waals surface area contributed by atoms with E-state index < -0.39 is 10.0 Å². The van der Waals surface area contributed by atoms with Crippen molar-refractivity contribution in [3.8, 4) is 0 Å². The molecule has 0 saturated heterocycles. The Morgan fingerprint density at radius 2 is 2.15 bits per heavy atom. The van der Waals surface area contributed by atoms with Crippen molar-refractivity contribution in [2.45, 2.75) is 4.90 Å². The summed E-state index contributed by atoms with van der Waals surface area (Å²) in [6, 6.07) is 4.15. The third-order valence-electron chi connectivity index (χ3n) is 2.23. The van der Waals surface area contributed by atoms with Crippen molar-refractivity contribution in [2.75, 3.05) is 18.1 Å². The van der Waals surface area contributed by atoms with Crippen LogP contribution in [0.2, 0.25) is 0 Å². The second-order valence-corrected chi connectivity index (χ2v) is 7.47. The zero-order valence-corrected chi connectivity index (χ0v) is 13.9. The highest BCUT2D eigenvalue weighted by atomic mass is 79.9. The number of carbonyl (C=O) groups excluding carboxylic acids is 1. The van der Waals surface area contributed by atoms with Gasteiger partial charge in [0.25, 0.3) is 5.91 Å². The van der Waals surface area contributed by atoms with Gasteiger partial charge < -0.3 is 5.32 Å². The summed E-state index contributed by atoms with van der Waals surface area (Å²) in [5, 5.41) is 7.77. The molecule has 0 aliphatic rings. The molecule has 0 saturated carbocycles. The van der Waals surface area contributed by atoms with Gasteiger partial charge in [-0.3, -0.25) is 4.79 Å². The molecule has 0 aliphatic carbocycles. The summed E-state index contributed by atoms with van der Waals surface area (Å²) in [6.07, 6.45) is 1.79. The molecular weight excluding hydrogens is 364 g/mol. The molecule has 20 heavy (non-hydrogen) atoms. The van der Waals surface area contributed by atoms with Gasteiger partial charge in [0, 0.05) is 28.1 Å². The Balaban J connectivity index is 2.73. The number of rotatable bonds is 7. The molecule has 1 aromatic carbocycles. The maximum atomic E-state index is 11.9. The van der Waals surface area contributed by atoms with E-state index in [2.05, 4.69) is 27.8 Å². The van der Waals surface area contributed by atoms with E-state index >= 15 is 0 Å². The average molecular weight is 379 g/mol. The number of carbonyl (C=O) groups is 1. The molecule has 0 heterocycles. The van der Waals surface area contributed by atoms with Crippen LogP contribution in [-0.2, 0) is 10.0 Å². The number of nitrogens with two attached hydrogens (primary N) is 1. The highest BCUT2D eigenvalue weighted by Gasteiger charge is 2.13. The first kappa shape index (κ1) is 17.2. The summed E-state index contributed by atoms with van der Waals surface area (Å²) in [5.74, 6) is 1.24. The van der Waals surface area contributed by atoms with Gasteiger partial charge in [-0.05, 0) is 18.2 Å². The van der Waals surface area contributed by atoms with Crippen molar-refractivity contribution in [3.63, 3.8) is 0 Å². The van der Waals surface area contributed by atoms with E-state index in [1.807, 2.05) is 0 Å². The fraction of sp³-hybridized carbons (Fsp3) is 0.250. The third-order valence-corrected chi connectivity index (χ3v) is 4.54. The molecule has 0 fully saturated rings. The molecule has 3 N–H and O–H groups in total. The van der Waals surface area contributed by atoms with E-state index in [0.717, 1.165) is 11.5 Å². The van der Waals surface area contributed by atoms with Gasteiger partial charge in [0.2, 0.25) is 10.0 Å². The quantitative estimate of drug-likeness (QED) is 0.558. The van der Waals surface area contributed by atoms with Gasteiger partial charge in [-0.25, -0.2) is 13.6 Å². The van der Waals surface area contributed by atoms with E-state index in [1.165, 1.54) is 12.1 Å². The molecule has 8 heteroatoms. The topological polar surface area (TPSA) is 89.3 Å². The maximum absolute atomic E-state index is 11.9. The van der Waals surface area contributed by atoms with Crippen LogP contribution in [0.25, 0.3) is 0 Å². The van der Waals surface area contributed by atoms with Crippen LogP contribution in [0.1, 0.15) is 10.4 Å². The van der Waals surface area contributed by atoms with Crippen molar-refractivity contribution >= 4 is 43.6 Å². The minimum absolute atomic E-state index is 0.0990. The molecule has 110 valence electrons. The number of hydrogen-bond acceptors (Lipinski definition) is 4. The van der Waals surface area contributed by atoms with Crippen LogP contribution in [0.3, 0.4) is 0 Å². The van der Waals surface area contributed by atoms with Crippen molar-refractivity contribution in [3.05, 3.63) is 40.9 Å². The molecule has 0 aromatic heterocycles. The number of thioether (sulfide) groups is 1. The van der Waals surface area contributed by atoms with E-state index in [0.29, 0.717) is 11.0 Å². The minimum Gasteiger partial charge on any atom is -0.351 e. The van der Waals surface area contributed by atoms with Crippen LogP contribution in [-0.4, -0.2) is 32.4 Å². The number of hydrogen-bond donors (Lipinski definition) is 2. The van der Waals surface area contributed by atoms with Crippen LogP contribution in [0.15, 0.2) is 40.2 Å². The first-order valence-electron chi connectivity index (χ1n) is 5.65. The van der Waals surface area contributed by atoms with Crippen LogP contribution in [0.5, 0.6) is 0 Å². The molecule has 0 unspecified atom stereocenters. The summed E-state index contributed by atoms with van der Waals surface area (Å²) >= 11 is 4.80. The first-order chi connectivity index (χ1) is 9.34. The van der Waals surface area contributed by atoms with Crippen molar-refractivity contribution < 1.29 is 13.2 Å². The molecule has 0 spiro atoms. The number of sulfonamides is 1. The standard InChI is InChI=1S/C12H15BrN2O3S2/c1-2-4-19-5-3-15-12(16)9-6-10(13)8-11(7-9)20(14,17)18/h2,6-8H,1,3-5H2,(H,15,16)(H2,14,17,18). The second kappa shape index (κ2) is 7.82. The van der Waals surface area contributed by atoms with Gasteiger partial charge in [0.1, 0.15) is 0 Å². The predicted molar refractivity (Wildman–Crippen MR) is 85.4 cm³/mol. The lowest BCUT2D eigenvalue weighted by atomic mass is 10.2. The number of halogens is 1. The largest absolute Gasteiger partial charge is 0.351 e. The lowest BCUT2D eigenvalue weighted by Gasteiger charge is -2.07. The highest BCUT2D eigenvalue weighted by molar-refractivity contribution is 9.10. The number of benzene rings is 1. The van der Waals surface area contributed by atoms with Crippen molar-refractivity contribution in [2.24, 2.45) is 5.14 Å². The molecule has 1 amide bonds. The summed E-state index contributed by atoms with van der Waals surface area (Å²) in [4.78, 5) is 11.8. The zero-order chi connectivity index (χ0) is 15.2. The summed E-state index contributed by atoms with van der Waals surface area (Å²) in [7, 11) is -3.84. The summed E-state index contributed by atoms with van der Waals surface area (Å²) in [6.45, 7) is 4.10. The monoisotopic (exact) mass is 378 g/mol. The van der Waals surface area contributed by atoms with Crippen LogP contribution in [0.4, 0.5) is 0 Å². The van der Waals surface area contributed by atoms with Gasteiger partial charge >= 0.3 is 0 Å². The van der Waals surface area contributed by atoms with Gasteiger partial charge in [0.15, 0.2) is 0 Å². The fourth-order valence-electron chi connectivity index (χ4n) is 1.36. The van der Waals surface area contributed by atoms with Crippen molar-refractivity contribution in [1.82, 2.24) is 5.32 Å². The Kier molecular flexibility index (Phi) is 6.74. The molecule has 0 aliphatic heterocycles. The Morgan fingerprint density at radius 1 is 1.45 bits per heavy atom. The molecule has 1 aromatic rings.